The lowest BCUT2D eigenvalue weighted by Gasteiger charge is -2.15. The highest BCUT2D eigenvalue weighted by atomic mass is 35.5. The fraction of sp³-hybridized carbons (Fsp3) is 0.143. The second kappa shape index (κ2) is 9.08. The van der Waals surface area contributed by atoms with Gasteiger partial charge in [-0.25, -0.2) is 9.50 Å². The van der Waals surface area contributed by atoms with Gasteiger partial charge in [-0.15, -0.1) is 0 Å². The van der Waals surface area contributed by atoms with E-state index in [0.29, 0.717) is 11.6 Å². The highest BCUT2D eigenvalue weighted by molar-refractivity contribution is 6.31. The predicted molar refractivity (Wildman–Crippen MR) is 133 cm³/mol. The van der Waals surface area contributed by atoms with Gasteiger partial charge in [0.05, 0.1) is 11.2 Å². The average molecular weight is 454 g/mol. The summed E-state index contributed by atoms with van der Waals surface area (Å²) in [4.78, 5) is 4.67. The Morgan fingerprint density at radius 3 is 2.64 bits per heavy atom. The summed E-state index contributed by atoms with van der Waals surface area (Å²) < 4.78 is 7.98. The van der Waals surface area contributed by atoms with Crippen molar-refractivity contribution in [3.8, 4) is 17.0 Å². The van der Waals surface area contributed by atoms with Crippen LogP contribution in [0.15, 0.2) is 91.4 Å². The Labute approximate surface area is 198 Å². The Hall–Kier alpha value is -3.63. The lowest BCUT2D eigenvalue weighted by Crippen LogP contribution is -2.02. The van der Waals surface area contributed by atoms with E-state index in [1.54, 1.807) is 6.33 Å². The zero-order valence-electron chi connectivity index (χ0n) is 18.6. The van der Waals surface area contributed by atoms with Gasteiger partial charge in [0.25, 0.3) is 0 Å². The summed E-state index contributed by atoms with van der Waals surface area (Å²) in [6.45, 7) is 4.74. The normalized spacial score (nSPS) is 12.1. The molecular formula is C28H24ClN3O. The first-order valence-corrected chi connectivity index (χ1v) is 11.3. The van der Waals surface area contributed by atoms with Crippen LogP contribution < -0.4 is 4.74 Å². The predicted octanol–water partition coefficient (Wildman–Crippen LogP) is 7.09. The van der Waals surface area contributed by atoms with Crippen LogP contribution in [0, 0.1) is 6.92 Å². The summed E-state index contributed by atoms with van der Waals surface area (Å²) >= 11 is 6.28. The largest absolute Gasteiger partial charge is 0.489 e. The second-order valence-electron chi connectivity index (χ2n) is 8.16. The fourth-order valence-corrected chi connectivity index (χ4v) is 4.38. The van der Waals surface area contributed by atoms with Gasteiger partial charge in [0.2, 0.25) is 0 Å². The van der Waals surface area contributed by atoms with Crippen LogP contribution in [0.1, 0.15) is 35.1 Å². The Morgan fingerprint density at radius 2 is 1.79 bits per heavy atom. The molecule has 5 rings (SSSR count). The number of rotatable bonds is 6. The van der Waals surface area contributed by atoms with Gasteiger partial charge in [-0.2, -0.15) is 5.10 Å². The van der Waals surface area contributed by atoms with Gasteiger partial charge >= 0.3 is 0 Å². The molecule has 0 N–H and O–H groups in total. The molecule has 2 heterocycles. The maximum absolute atomic E-state index is 6.28. The van der Waals surface area contributed by atoms with Crippen LogP contribution in [0.2, 0.25) is 5.02 Å². The standard InChI is InChI=1S/C28H24ClN3O/c1-19-8-3-5-12-24(19)27-28-25(14-15-32(28)31-18-30-27)20(2)21-10-7-11-23(16-21)33-17-22-9-4-6-13-26(22)29/h3-16,18,20H,17H2,1-2H3. The monoisotopic (exact) mass is 453 g/mol. The van der Waals surface area contributed by atoms with Crippen molar-refractivity contribution in [1.82, 2.24) is 14.6 Å². The number of hydrogen-bond donors (Lipinski definition) is 0. The molecule has 0 bridgehead atoms. The molecule has 0 saturated heterocycles. The van der Waals surface area contributed by atoms with Crippen LogP contribution in [0.5, 0.6) is 5.75 Å². The van der Waals surface area contributed by atoms with Gasteiger partial charge < -0.3 is 4.74 Å². The lowest BCUT2D eigenvalue weighted by molar-refractivity contribution is 0.306. The number of aromatic nitrogens is 3. The Kier molecular flexibility index (Phi) is 5.84. The van der Waals surface area contributed by atoms with Crippen LogP contribution in [-0.2, 0) is 6.61 Å². The molecule has 0 spiro atoms. The maximum Gasteiger partial charge on any atom is 0.137 e. The number of benzene rings is 3. The van der Waals surface area contributed by atoms with Crippen molar-refractivity contribution >= 4 is 17.1 Å². The van der Waals surface area contributed by atoms with E-state index >= 15 is 0 Å². The zero-order chi connectivity index (χ0) is 22.8. The van der Waals surface area contributed by atoms with E-state index < -0.39 is 0 Å². The molecule has 0 radical (unpaired) electrons. The first kappa shape index (κ1) is 21.2. The molecule has 164 valence electrons. The summed E-state index contributed by atoms with van der Waals surface area (Å²) in [6, 6.07) is 26.4. The Bertz CT molecular complexity index is 1430. The Morgan fingerprint density at radius 1 is 0.970 bits per heavy atom. The van der Waals surface area contributed by atoms with Crippen LogP contribution in [-0.4, -0.2) is 14.6 Å². The molecule has 33 heavy (non-hydrogen) atoms. The van der Waals surface area contributed by atoms with E-state index in [4.69, 9.17) is 16.3 Å². The van der Waals surface area contributed by atoms with E-state index in [2.05, 4.69) is 54.3 Å². The summed E-state index contributed by atoms with van der Waals surface area (Å²) in [5.74, 6) is 0.950. The quantitative estimate of drug-likeness (QED) is 0.275. The van der Waals surface area contributed by atoms with Crippen LogP contribution in [0.3, 0.4) is 0 Å². The third kappa shape index (κ3) is 4.22. The van der Waals surface area contributed by atoms with Crippen molar-refractivity contribution in [3.05, 3.63) is 119 Å². The molecule has 0 aliphatic rings. The number of aryl methyl sites for hydroxylation is 1. The molecule has 5 aromatic rings. The van der Waals surface area contributed by atoms with Crippen molar-refractivity contribution in [1.29, 1.82) is 0 Å². The lowest BCUT2D eigenvalue weighted by atomic mass is 9.92. The second-order valence-corrected chi connectivity index (χ2v) is 8.57. The third-order valence-electron chi connectivity index (χ3n) is 6.06. The number of hydrogen-bond acceptors (Lipinski definition) is 3. The topological polar surface area (TPSA) is 39.4 Å². The number of fused-ring (bicyclic) bond motifs is 1. The smallest absolute Gasteiger partial charge is 0.137 e. The molecular weight excluding hydrogens is 430 g/mol. The molecule has 1 unspecified atom stereocenters. The summed E-state index contributed by atoms with van der Waals surface area (Å²) in [7, 11) is 0. The molecule has 3 aromatic carbocycles. The van der Waals surface area contributed by atoms with Crippen molar-refractivity contribution in [2.24, 2.45) is 0 Å². The van der Waals surface area contributed by atoms with Crippen LogP contribution in [0.25, 0.3) is 16.8 Å². The Balaban J connectivity index is 1.48. The minimum absolute atomic E-state index is 0.132. The molecule has 2 aromatic heterocycles. The first-order chi connectivity index (χ1) is 16.1. The van der Waals surface area contributed by atoms with E-state index in [-0.39, 0.29) is 5.92 Å². The van der Waals surface area contributed by atoms with Crippen molar-refractivity contribution in [2.75, 3.05) is 0 Å². The first-order valence-electron chi connectivity index (χ1n) is 11.0. The van der Waals surface area contributed by atoms with Crippen LogP contribution >= 0.6 is 11.6 Å². The molecule has 1 atom stereocenters. The van der Waals surface area contributed by atoms with Crippen molar-refractivity contribution < 1.29 is 4.74 Å². The molecule has 0 fully saturated rings. The van der Waals surface area contributed by atoms with Crippen LogP contribution in [0.4, 0.5) is 0 Å². The number of halogens is 1. The summed E-state index contributed by atoms with van der Waals surface area (Å²) in [6.07, 6.45) is 3.62. The molecule has 0 amide bonds. The zero-order valence-corrected chi connectivity index (χ0v) is 19.3. The SMILES string of the molecule is Cc1ccccc1-c1ncnn2ccc(C(C)c3cccc(OCc4ccccc4Cl)c3)c12. The van der Waals surface area contributed by atoms with Gasteiger partial charge in [0.15, 0.2) is 0 Å². The minimum atomic E-state index is 0.132. The van der Waals surface area contributed by atoms with Gasteiger partial charge in [-0.1, -0.05) is 73.1 Å². The molecule has 0 aliphatic heterocycles. The molecule has 0 saturated carbocycles. The minimum Gasteiger partial charge on any atom is -0.489 e. The summed E-state index contributed by atoms with van der Waals surface area (Å²) in [5.41, 5.74) is 7.59. The van der Waals surface area contributed by atoms with E-state index in [1.807, 2.05) is 59.2 Å². The number of nitrogens with zero attached hydrogens (tertiary/aromatic N) is 3. The van der Waals surface area contributed by atoms with E-state index in [0.717, 1.165) is 28.1 Å². The summed E-state index contributed by atoms with van der Waals surface area (Å²) in [5, 5.41) is 5.16. The highest BCUT2D eigenvalue weighted by Crippen LogP contribution is 2.35. The highest BCUT2D eigenvalue weighted by Gasteiger charge is 2.19. The molecule has 0 aliphatic carbocycles. The molecule has 5 heteroatoms. The van der Waals surface area contributed by atoms with E-state index in [9.17, 15) is 0 Å². The van der Waals surface area contributed by atoms with Crippen molar-refractivity contribution in [2.45, 2.75) is 26.4 Å². The number of ether oxygens (including phenoxy) is 1. The van der Waals surface area contributed by atoms with Gasteiger partial charge in [-0.05, 0) is 47.9 Å². The molecule has 4 nitrogen and oxygen atoms in total. The van der Waals surface area contributed by atoms with Gasteiger partial charge in [0, 0.05) is 28.3 Å². The maximum atomic E-state index is 6.28. The average Bonchev–Trinajstić information content (AvgIpc) is 3.28. The van der Waals surface area contributed by atoms with Crippen molar-refractivity contribution in [3.63, 3.8) is 0 Å². The van der Waals surface area contributed by atoms with Gasteiger partial charge in [0.1, 0.15) is 18.7 Å². The van der Waals surface area contributed by atoms with Gasteiger partial charge in [-0.3, -0.25) is 0 Å². The van der Waals surface area contributed by atoms with E-state index in [1.165, 1.54) is 16.7 Å². The fourth-order valence-electron chi connectivity index (χ4n) is 4.19. The third-order valence-corrected chi connectivity index (χ3v) is 6.43.